The third-order valence-corrected chi connectivity index (χ3v) is 3.43. The number of hydrogen-bond acceptors (Lipinski definition) is 1. The van der Waals surface area contributed by atoms with E-state index in [1.54, 1.807) is 13.0 Å². The summed E-state index contributed by atoms with van der Waals surface area (Å²) in [5.74, 6) is -0.210. The van der Waals surface area contributed by atoms with E-state index in [2.05, 4.69) is 10.6 Å². The first-order valence-corrected chi connectivity index (χ1v) is 6.40. The average Bonchev–Trinajstić information content (AvgIpc) is 2.77. The van der Waals surface area contributed by atoms with E-state index >= 15 is 0 Å². The Labute approximate surface area is 107 Å². The zero-order chi connectivity index (χ0) is 12.3. The summed E-state index contributed by atoms with van der Waals surface area (Å²) in [6.45, 7) is 1.75. The van der Waals surface area contributed by atoms with Crippen LogP contribution in [0, 0.1) is 12.7 Å². The maximum atomic E-state index is 13.3. The standard InChI is InChI=1S/C13H17FN2S/c1-9-11(14)7-4-8-12(9)16-13(17)15-10-5-2-3-6-10/h4,7-8,10H,2-3,5-6H2,1H3,(H2,15,16,17). The molecule has 17 heavy (non-hydrogen) atoms. The lowest BCUT2D eigenvalue weighted by atomic mass is 10.2. The molecule has 0 aromatic heterocycles. The first-order chi connectivity index (χ1) is 8.16. The first kappa shape index (κ1) is 12.3. The van der Waals surface area contributed by atoms with Crippen molar-refractivity contribution < 1.29 is 4.39 Å². The van der Waals surface area contributed by atoms with E-state index in [0.29, 0.717) is 16.7 Å². The van der Waals surface area contributed by atoms with Gasteiger partial charge in [0.2, 0.25) is 0 Å². The van der Waals surface area contributed by atoms with Crippen LogP contribution in [0.15, 0.2) is 18.2 Å². The van der Waals surface area contributed by atoms with Crippen molar-refractivity contribution in [1.29, 1.82) is 0 Å². The van der Waals surface area contributed by atoms with Crippen LogP contribution in [0.25, 0.3) is 0 Å². The van der Waals surface area contributed by atoms with Gasteiger partial charge in [0, 0.05) is 17.3 Å². The quantitative estimate of drug-likeness (QED) is 0.789. The number of thiocarbonyl (C=S) groups is 1. The minimum absolute atomic E-state index is 0.210. The van der Waals surface area contributed by atoms with Crippen LogP contribution < -0.4 is 10.6 Å². The topological polar surface area (TPSA) is 24.1 Å². The summed E-state index contributed by atoms with van der Waals surface area (Å²) in [5, 5.41) is 6.92. The van der Waals surface area contributed by atoms with E-state index in [1.807, 2.05) is 6.07 Å². The number of rotatable bonds is 2. The van der Waals surface area contributed by atoms with Gasteiger partial charge in [0.15, 0.2) is 5.11 Å². The normalized spacial score (nSPS) is 15.9. The molecule has 0 heterocycles. The van der Waals surface area contributed by atoms with Crippen LogP contribution in [0.4, 0.5) is 10.1 Å². The molecule has 0 spiro atoms. The molecule has 1 aromatic rings. The Kier molecular flexibility index (Phi) is 3.94. The molecule has 0 atom stereocenters. The summed E-state index contributed by atoms with van der Waals surface area (Å²) in [6, 6.07) is 5.45. The highest BCUT2D eigenvalue weighted by Gasteiger charge is 2.15. The molecule has 1 fully saturated rings. The summed E-state index contributed by atoms with van der Waals surface area (Å²) in [4.78, 5) is 0. The second-order valence-corrected chi connectivity index (χ2v) is 4.90. The van der Waals surface area contributed by atoms with Gasteiger partial charge in [0.1, 0.15) is 5.82 Å². The van der Waals surface area contributed by atoms with Crippen LogP contribution in [0.3, 0.4) is 0 Å². The molecule has 0 radical (unpaired) electrons. The monoisotopic (exact) mass is 252 g/mol. The van der Waals surface area contributed by atoms with E-state index in [0.717, 1.165) is 5.69 Å². The van der Waals surface area contributed by atoms with E-state index < -0.39 is 0 Å². The fraction of sp³-hybridized carbons (Fsp3) is 0.462. The molecule has 4 heteroatoms. The smallest absolute Gasteiger partial charge is 0.171 e. The molecule has 0 bridgehead atoms. The molecule has 1 aromatic carbocycles. The number of anilines is 1. The molecule has 0 unspecified atom stereocenters. The molecule has 92 valence electrons. The van der Waals surface area contributed by atoms with Gasteiger partial charge in [-0.2, -0.15) is 0 Å². The highest BCUT2D eigenvalue weighted by atomic mass is 32.1. The van der Waals surface area contributed by atoms with Crippen molar-refractivity contribution in [1.82, 2.24) is 5.32 Å². The maximum absolute atomic E-state index is 13.3. The Balaban J connectivity index is 1.95. The van der Waals surface area contributed by atoms with Crippen LogP contribution in [0.1, 0.15) is 31.2 Å². The van der Waals surface area contributed by atoms with E-state index in [1.165, 1.54) is 31.7 Å². The van der Waals surface area contributed by atoms with Crippen molar-refractivity contribution in [2.75, 3.05) is 5.32 Å². The number of halogens is 1. The Morgan fingerprint density at radius 1 is 1.35 bits per heavy atom. The third-order valence-electron chi connectivity index (χ3n) is 3.21. The van der Waals surface area contributed by atoms with Crippen LogP contribution >= 0.6 is 12.2 Å². The van der Waals surface area contributed by atoms with Gasteiger partial charge >= 0.3 is 0 Å². The first-order valence-electron chi connectivity index (χ1n) is 5.99. The minimum Gasteiger partial charge on any atom is -0.360 e. The Bertz CT molecular complexity index is 414. The zero-order valence-corrected chi connectivity index (χ0v) is 10.7. The second-order valence-electron chi connectivity index (χ2n) is 4.49. The van der Waals surface area contributed by atoms with Crippen molar-refractivity contribution >= 4 is 23.0 Å². The fourth-order valence-electron chi connectivity index (χ4n) is 2.16. The molecule has 0 aliphatic heterocycles. The molecule has 1 aliphatic rings. The number of benzene rings is 1. The van der Waals surface area contributed by atoms with Crippen molar-refractivity contribution in [2.45, 2.75) is 38.6 Å². The molecular formula is C13H17FN2S. The highest BCUT2D eigenvalue weighted by molar-refractivity contribution is 7.80. The lowest BCUT2D eigenvalue weighted by molar-refractivity contribution is 0.619. The third kappa shape index (κ3) is 3.16. The van der Waals surface area contributed by atoms with Crippen molar-refractivity contribution in [3.05, 3.63) is 29.6 Å². The Morgan fingerprint density at radius 2 is 2.06 bits per heavy atom. The number of nitrogens with one attached hydrogen (secondary N) is 2. The minimum atomic E-state index is -0.210. The van der Waals surface area contributed by atoms with Crippen molar-refractivity contribution in [2.24, 2.45) is 0 Å². The van der Waals surface area contributed by atoms with Crippen molar-refractivity contribution in [3.8, 4) is 0 Å². The highest BCUT2D eigenvalue weighted by Crippen LogP contribution is 2.19. The molecule has 1 saturated carbocycles. The molecular weight excluding hydrogens is 235 g/mol. The summed E-state index contributed by atoms with van der Waals surface area (Å²) < 4.78 is 13.3. The van der Waals surface area contributed by atoms with Gasteiger partial charge in [-0.25, -0.2) is 4.39 Å². The van der Waals surface area contributed by atoms with Crippen molar-refractivity contribution in [3.63, 3.8) is 0 Å². The zero-order valence-electron chi connectivity index (χ0n) is 9.92. The summed E-state index contributed by atoms with van der Waals surface area (Å²) in [7, 11) is 0. The second kappa shape index (κ2) is 5.45. The number of hydrogen-bond donors (Lipinski definition) is 2. The van der Waals surface area contributed by atoms with Gasteiger partial charge < -0.3 is 10.6 Å². The largest absolute Gasteiger partial charge is 0.360 e. The Morgan fingerprint density at radius 3 is 2.76 bits per heavy atom. The van der Waals surface area contributed by atoms with Gasteiger partial charge in [-0.1, -0.05) is 18.9 Å². The van der Waals surface area contributed by atoms with Gasteiger partial charge in [-0.05, 0) is 44.1 Å². The predicted octanol–water partition coefficient (Wildman–Crippen LogP) is 3.36. The summed E-state index contributed by atoms with van der Waals surface area (Å²) in [6.07, 6.45) is 4.87. The Hall–Kier alpha value is -1.16. The maximum Gasteiger partial charge on any atom is 0.171 e. The lowest BCUT2D eigenvalue weighted by Gasteiger charge is -2.16. The van der Waals surface area contributed by atoms with E-state index in [9.17, 15) is 4.39 Å². The van der Waals surface area contributed by atoms with Crippen LogP contribution in [0.2, 0.25) is 0 Å². The molecule has 1 aliphatic carbocycles. The summed E-state index contributed by atoms with van der Waals surface area (Å²) >= 11 is 5.23. The molecule has 2 nitrogen and oxygen atoms in total. The lowest BCUT2D eigenvalue weighted by Crippen LogP contribution is -2.36. The SMILES string of the molecule is Cc1c(F)cccc1NC(=S)NC1CCCC1. The molecule has 0 amide bonds. The van der Waals surface area contributed by atoms with E-state index in [4.69, 9.17) is 12.2 Å². The van der Waals surface area contributed by atoms with Gasteiger partial charge in [-0.3, -0.25) is 0 Å². The molecule has 2 rings (SSSR count). The van der Waals surface area contributed by atoms with Gasteiger partial charge in [-0.15, -0.1) is 0 Å². The van der Waals surface area contributed by atoms with Gasteiger partial charge in [0.25, 0.3) is 0 Å². The summed E-state index contributed by atoms with van der Waals surface area (Å²) in [5.41, 5.74) is 1.34. The van der Waals surface area contributed by atoms with Crippen LogP contribution in [-0.4, -0.2) is 11.2 Å². The predicted molar refractivity (Wildman–Crippen MR) is 72.7 cm³/mol. The van der Waals surface area contributed by atoms with Crippen LogP contribution in [0.5, 0.6) is 0 Å². The van der Waals surface area contributed by atoms with Crippen LogP contribution in [-0.2, 0) is 0 Å². The molecule has 2 N–H and O–H groups in total. The average molecular weight is 252 g/mol. The molecule has 0 saturated heterocycles. The van der Waals surface area contributed by atoms with E-state index in [-0.39, 0.29) is 5.82 Å². The fourth-order valence-corrected chi connectivity index (χ4v) is 2.43. The van der Waals surface area contributed by atoms with Gasteiger partial charge in [0.05, 0.1) is 0 Å².